The number of ether oxygens (including phenoxy) is 1. The third-order valence-electron chi connectivity index (χ3n) is 4.88. The minimum atomic E-state index is -0.412. The second kappa shape index (κ2) is 6.84. The number of carbonyl (C=O) groups excluding carboxylic acids is 1. The molecule has 3 rings (SSSR count). The minimum Gasteiger partial charge on any atom is -0.480 e. The van der Waals surface area contributed by atoms with Crippen LogP contribution in [0, 0.1) is 5.41 Å². The summed E-state index contributed by atoms with van der Waals surface area (Å²) in [4.78, 5) is 14.9. The van der Waals surface area contributed by atoms with Crippen molar-refractivity contribution in [2.24, 2.45) is 5.41 Å². The van der Waals surface area contributed by atoms with Gasteiger partial charge in [-0.05, 0) is 36.1 Å². The molecular weight excluding hydrogens is 298 g/mol. The lowest BCUT2D eigenvalue weighted by Gasteiger charge is -2.39. The van der Waals surface area contributed by atoms with E-state index < -0.39 is 6.10 Å². The van der Waals surface area contributed by atoms with Crippen LogP contribution in [0.25, 0.3) is 10.8 Å². The van der Waals surface area contributed by atoms with Crippen molar-refractivity contribution in [1.29, 1.82) is 0 Å². The number of fused-ring (bicyclic) bond motifs is 1. The molecule has 0 radical (unpaired) electrons. The lowest BCUT2D eigenvalue weighted by Crippen LogP contribution is -2.48. The third-order valence-corrected chi connectivity index (χ3v) is 4.88. The van der Waals surface area contributed by atoms with Crippen molar-refractivity contribution in [1.82, 2.24) is 4.90 Å². The van der Waals surface area contributed by atoms with E-state index in [2.05, 4.69) is 26.0 Å². The molecule has 0 unspecified atom stereocenters. The Bertz CT molecular complexity index is 717. The normalized spacial score (nSPS) is 18.4. The Morgan fingerprint density at radius 3 is 2.71 bits per heavy atom. The highest BCUT2D eigenvalue weighted by Crippen LogP contribution is 2.30. The van der Waals surface area contributed by atoms with Crippen LogP contribution < -0.4 is 4.74 Å². The van der Waals surface area contributed by atoms with Crippen molar-refractivity contribution in [3.8, 4) is 5.75 Å². The van der Waals surface area contributed by atoms with Crippen LogP contribution in [0.2, 0.25) is 0 Å². The maximum Gasteiger partial charge on any atom is 0.263 e. The zero-order valence-electron chi connectivity index (χ0n) is 14.9. The highest BCUT2D eigenvalue weighted by molar-refractivity contribution is 5.89. The molecule has 1 aliphatic heterocycles. The van der Waals surface area contributed by atoms with Crippen molar-refractivity contribution in [2.75, 3.05) is 13.1 Å². The Kier molecular flexibility index (Phi) is 4.79. The van der Waals surface area contributed by atoms with Gasteiger partial charge in [0.15, 0.2) is 6.10 Å². The van der Waals surface area contributed by atoms with Crippen molar-refractivity contribution in [3.05, 3.63) is 42.5 Å². The molecule has 1 aliphatic rings. The fraction of sp³-hybridized carbons (Fsp3) is 0.476. The van der Waals surface area contributed by atoms with Crippen molar-refractivity contribution in [2.45, 2.75) is 46.1 Å². The first kappa shape index (κ1) is 16.8. The van der Waals surface area contributed by atoms with Gasteiger partial charge in [0.05, 0.1) is 0 Å². The molecule has 0 N–H and O–H groups in total. The number of hydrogen-bond donors (Lipinski definition) is 0. The second-order valence-corrected chi connectivity index (χ2v) is 7.52. The van der Waals surface area contributed by atoms with Crippen LogP contribution in [0.4, 0.5) is 0 Å². The fourth-order valence-electron chi connectivity index (χ4n) is 3.58. The van der Waals surface area contributed by atoms with Gasteiger partial charge in [-0.2, -0.15) is 0 Å². The number of likely N-dealkylation sites (tertiary alicyclic amines) is 1. The largest absolute Gasteiger partial charge is 0.480 e. The van der Waals surface area contributed by atoms with Gasteiger partial charge >= 0.3 is 0 Å². The number of amides is 1. The van der Waals surface area contributed by atoms with Crippen molar-refractivity contribution >= 4 is 16.7 Å². The van der Waals surface area contributed by atoms with Crippen LogP contribution in [-0.4, -0.2) is 30.0 Å². The predicted octanol–water partition coefficient (Wildman–Crippen LogP) is 4.65. The van der Waals surface area contributed by atoms with Gasteiger partial charge in [-0.15, -0.1) is 0 Å². The predicted molar refractivity (Wildman–Crippen MR) is 98.3 cm³/mol. The summed E-state index contributed by atoms with van der Waals surface area (Å²) in [6.45, 7) is 8.15. The Labute approximate surface area is 144 Å². The fourth-order valence-corrected chi connectivity index (χ4v) is 3.58. The summed E-state index contributed by atoms with van der Waals surface area (Å²) in [5.74, 6) is 0.919. The zero-order chi connectivity index (χ0) is 17.2. The van der Waals surface area contributed by atoms with E-state index in [-0.39, 0.29) is 11.3 Å². The van der Waals surface area contributed by atoms with E-state index in [1.54, 1.807) is 0 Å². The molecule has 24 heavy (non-hydrogen) atoms. The Morgan fingerprint density at radius 2 is 1.96 bits per heavy atom. The van der Waals surface area contributed by atoms with Gasteiger partial charge in [-0.3, -0.25) is 4.79 Å². The summed E-state index contributed by atoms with van der Waals surface area (Å²) >= 11 is 0. The van der Waals surface area contributed by atoms with E-state index in [1.807, 2.05) is 42.2 Å². The van der Waals surface area contributed by atoms with Crippen LogP contribution in [0.3, 0.4) is 0 Å². The number of rotatable bonds is 4. The van der Waals surface area contributed by atoms with Crippen LogP contribution >= 0.6 is 0 Å². The minimum absolute atomic E-state index is 0.123. The summed E-state index contributed by atoms with van der Waals surface area (Å²) in [7, 11) is 0. The summed E-state index contributed by atoms with van der Waals surface area (Å²) in [6.07, 6.45) is 2.52. The molecule has 1 fully saturated rings. The van der Waals surface area contributed by atoms with Gasteiger partial charge < -0.3 is 9.64 Å². The van der Waals surface area contributed by atoms with E-state index >= 15 is 0 Å². The summed E-state index contributed by atoms with van der Waals surface area (Å²) in [5, 5.41) is 2.20. The summed E-state index contributed by atoms with van der Waals surface area (Å²) in [5.41, 5.74) is 0.200. The first-order valence-corrected chi connectivity index (χ1v) is 8.93. The van der Waals surface area contributed by atoms with E-state index in [4.69, 9.17) is 4.74 Å². The van der Waals surface area contributed by atoms with E-state index in [9.17, 15) is 4.79 Å². The molecule has 0 aliphatic carbocycles. The number of piperidine rings is 1. The summed E-state index contributed by atoms with van der Waals surface area (Å²) < 4.78 is 6.17. The molecule has 2 aromatic carbocycles. The monoisotopic (exact) mass is 325 g/mol. The molecule has 0 saturated carbocycles. The molecule has 0 spiro atoms. The van der Waals surface area contributed by atoms with Gasteiger partial charge in [0.1, 0.15) is 5.75 Å². The molecule has 0 bridgehead atoms. The van der Waals surface area contributed by atoms with Crippen molar-refractivity contribution < 1.29 is 9.53 Å². The van der Waals surface area contributed by atoms with E-state index in [0.717, 1.165) is 36.0 Å². The van der Waals surface area contributed by atoms with E-state index in [0.29, 0.717) is 6.42 Å². The van der Waals surface area contributed by atoms with Gasteiger partial charge in [0.25, 0.3) is 5.91 Å². The second-order valence-electron chi connectivity index (χ2n) is 7.52. The average molecular weight is 325 g/mol. The molecule has 1 amide bonds. The van der Waals surface area contributed by atoms with E-state index in [1.165, 1.54) is 6.42 Å². The Hall–Kier alpha value is -2.03. The smallest absolute Gasteiger partial charge is 0.263 e. The maximum absolute atomic E-state index is 13.0. The van der Waals surface area contributed by atoms with Gasteiger partial charge in [-0.1, -0.05) is 57.2 Å². The average Bonchev–Trinajstić information content (AvgIpc) is 2.58. The highest BCUT2D eigenvalue weighted by Gasteiger charge is 2.32. The molecule has 128 valence electrons. The Morgan fingerprint density at radius 1 is 1.21 bits per heavy atom. The third kappa shape index (κ3) is 3.55. The molecule has 1 atom stereocenters. The van der Waals surface area contributed by atoms with Crippen LogP contribution in [-0.2, 0) is 4.79 Å². The quantitative estimate of drug-likeness (QED) is 0.819. The van der Waals surface area contributed by atoms with Crippen molar-refractivity contribution in [3.63, 3.8) is 0 Å². The molecular formula is C21H27NO2. The first-order valence-electron chi connectivity index (χ1n) is 8.93. The van der Waals surface area contributed by atoms with Crippen LogP contribution in [0.5, 0.6) is 5.75 Å². The number of carbonyl (C=O) groups is 1. The molecule has 3 nitrogen and oxygen atoms in total. The lowest BCUT2D eigenvalue weighted by atomic mass is 9.84. The van der Waals surface area contributed by atoms with Gasteiger partial charge in [-0.25, -0.2) is 0 Å². The molecule has 1 heterocycles. The number of hydrogen-bond acceptors (Lipinski definition) is 2. The molecule has 0 aromatic heterocycles. The highest BCUT2D eigenvalue weighted by atomic mass is 16.5. The molecule has 1 saturated heterocycles. The maximum atomic E-state index is 13.0. The summed E-state index contributed by atoms with van der Waals surface area (Å²) in [6, 6.07) is 14.1. The Balaban J connectivity index is 1.80. The molecule has 3 heteroatoms. The standard InChI is InChI=1S/C21H27NO2/c1-4-18(20(23)22-14-8-13-21(2,3)15-22)24-19-12-7-10-16-9-5-6-11-17(16)19/h5-7,9-12,18H,4,8,13-15H2,1-3H3/t18-/m1/s1. The molecule has 2 aromatic rings. The van der Waals surface area contributed by atoms with Crippen LogP contribution in [0.1, 0.15) is 40.0 Å². The first-order chi connectivity index (χ1) is 11.5. The SMILES string of the molecule is CC[C@@H](Oc1cccc2ccccc12)C(=O)N1CCCC(C)(C)C1. The number of benzene rings is 2. The lowest BCUT2D eigenvalue weighted by molar-refractivity contribution is -0.141. The van der Waals surface area contributed by atoms with Gasteiger partial charge in [0.2, 0.25) is 0 Å². The van der Waals surface area contributed by atoms with Gasteiger partial charge in [0, 0.05) is 18.5 Å². The van der Waals surface area contributed by atoms with Crippen LogP contribution in [0.15, 0.2) is 42.5 Å². The number of nitrogens with zero attached hydrogens (tertiary/aromatic N) is 1. The topological polar surface area (TPSA) is 29.5 Å². The zero-order valence-corrected chi connectivity index (χ0v) is 14.9.